The second kappa shape index (κ2) is 7.13. The summed E-state index contributed by atoms with van der Waals surface area (Å²) in [4.78, 5) is 12.2. The maximum Gasteiger partial charge on any atom is 0.223 e. The third-order valence-electron chi connectivity index (χ3n) is 4.22. The molecule has 0 saturated carbocycles. The van der Waals surface area contributed by atoms with Gasteiger partial charge in [-0.3, -0.25) is 4.79 Å². The van der Waals surface area contributed by atoms with E-state index in [9.17, 15) is 4.79 Å². The number of amides is 1. The summed E-state index contributed by atoms with van der Waals surface area (Å²) in [5.41, 5.74) is 0. The molecule has 0 spiro atoms. The van der Waals surface area contributed by atoms with Crippen molar-refractivity contribution in [3.63, 3.8) is 0 Å². The Morgan fingerprint density at radius 2 is 1.89 bits per heavy atom. The highest BCUT2D eigenvalue weighted by Crippen LogP contribution is 2.20. The van der Waals surface area contributed by atoms with E-state index in [1.807, 2.05) is 0 Å². The van der Waals surface area contributed by atoms with Gasteiger partial charge in [-0.2, -0.15) is 0 Å². The third-order valence-corrected chi connectivity index (χ3v) is 4.22. The predicted octanol–water partition coefficient (Wildman–Crippen LogP) is 2.42. The Bertz CT molecular complexity index is 255. The van der Waals surface area contributed by atoms with Gasteiger partial charge in [0.2, 0.25) is 5.91 Å². The van der Waals surface area contributed by atoms with Crippen molar-refractivity contribution in [2.24, 2.45) is 23.7 Å². The molecule has 1 aliphatic rings. The molecule has 18 heavy (non-hydrogen) atoms. The normalized spacial score (nSPS) is 24.9. The fraction of sp³-hybridized carbons (Fsp3) is 0.933. The Morgan fingerprint density at radius 1 is 1.28 bits per heavy atom. The summed E-state index contributed by atoms with van der Waals surface area (Å²) in [6.07, 6.45) is 1.95. The quantitative estimate of drug-likeness (QED) is 0.791. The van der Waals surface area contributed by atoms with Crippen LogP contribution in [0.3, 0.4) is 0 Å². The van der Waals surface area contributed by atoms with Crippen LogP contribution in [0.2, 0.25) is 0 Å². The number of rotatable bonds is 5. The van der Waals surface area contributed by atoms with Crippen LogP contribution in [-0.2, 0) is 4.79 Å². The number of carbonyl (C=O) groups is 1. The lowest BCUT2D eigenvalue weighted by Crippen LogP contribution is -2.44. The first kappa shape index (κ1) is 15.5. The lowest BCUT2D eigenvalue weighted by Gasteiger charge is -2.29. The number of hydrogen-bond donors (Lipinski definition) is 2. The molecule has 2 atom stereocenters. The number of piperidine rings is 1. The van der Waals surface area contributed by atoms with Crippen LogP contribution in [0.5, 0.6) is 0 Å². The zero-order chi connectivity index (χ0) is 13.7. The largest absolute Gasteiger partial charge is 0.356 e. The molecule has 0 aromatic rings. The van der Waals surface area contributed by atoms with Gasteiger partial charge in [-0.25, -0.2) is 0 Å². The van der Waals surface area contributed by atoms with Crippen LogP contribution in [0.25, 0.3) is 0 Å². The summed E-state index contributed by atoms with van der Waals surface area (Å²) in [6.45, 7) is 12.9. The van der Waals surface area contributed by atoms with Gasteiger partial charge in [-0.1, -0.05) is 27.7 Å². The molecular formula is C15H30N2O. The van der Waals surface area contributed by atoms with Gasteiger partial charge in [0, 0.05) is 18.5 Å². The molecule has 106 valence electrons. The average Bonchev–Trinajstić information content (AvgIpc) is 2.28. The molecule has 0 aromatic carbocycles. The van der Waals surface area contributed by atoms with Crippen molar-refractivity contribution in [3.05, 3.63) is 0 Å². The van der Waals surface area contributed by atoms with Gasteiger partial charge in [-0.15, -0.1) is 0 Å². The molecule has 1 aliphatic heterocycles. The zero-order valence-corrected chi connectivity index (χ0v) is 12.6. The van der Waals surface area contributed by atoms with E-state index in [-0.39, 0.29) is 11.8 Å². The van der Waals surface area contributed by atoms with E-state index in [1.165, 1.54) is 0 Å². The van der Waals surface area contributed by atoms with E-state index in [4.69, 9.17) is 0 Å². The Hall–Kier alpha value is -0.570. The molecule has 0 aromatic heterocycles. The third kappa shape index (κ3) is 4.60. The van der Waals surface area contributed by atoms with Crippen molar-refractivity contribution < 1.29 is 4.79 Å². The smallest absolute Gasteiger partial charge is 0.223 e. The summed E-state index contributed by atoms with van der Waals surface area (Å²) in [6, 6.07) is 0.473. The Morgan fingerprint density at radius 3 is 2.39 bits per heavy atom. The zero-order valence-electron chi connectivity index (χ0n) is 12.6. The Balaban J connectivity index is 2.39. The van der Waals surface area contributed by atoms with Gasteiger partial charge in [0.15, 0.2) is 0 Å². The molecule has 0 radical (unpaired) electrons. The first-order valence-electron chi connectivity index (χ1n) is 7.42. The lowest BCUT2D eigenvalue weighted by atomic mass is 9.85. The summed E-state index contributed by atoms with van der Waals surface area (Å²) in [7, 11) is 0. The fourth-order valence-electron chi connectivity index (χ4n) is 2.97. The van der Waals surface area contributed by atoms with E-state index in [0.29, 0.717) is 23.8 Å². The summed E-state index contributed by atoms with van der Waals surface area (Å²) >= 11 is 0. The predicted molar refractivity (Wildman–Crippen MR) is 76.4 cm³/mol. The van der Waals surface area contributed by atoms with Crippen LogP contribution in [0.15, 0.2) is 0 Å². The summed E-state index contributed by atoms with van der Waals surface area (Å²) < 4.78 is 0. The van der Waals surface area contributed by atoms with Crippen LogP contribution < -0.4 is 10.6 Å². The Labute approximate surface area is 112 Å². The van der Waals surface area contributed by atoms with Crippen LogP contribution in [-0.4, -0.2) is 25.0 Å². The van der Waals surface area contributed by atoms with Crippen LogP contribution in [0.4, 0.5) is 0 Å². The van der Waals surface area contributed by atoms with Crippen molar-refractivity contribution in [2.75, 3.05) is 13.1 Å². The van der Waals surface area contributed by atoms with E-state index < -0.39 is 0 Å². The molecule has 3 nitrogen and oxygen atoms in total. The first-order chi connectivity index (χ1) is 8.41. The molecular weight excluding hydrogens is 224 g/mol. The van der Waals surface area contributed by atoms with Crippen molar-refractivity contribution in [3.8, 4) is 0 Å². The Kier molecular flexibility index (Phi) is 6.13. The molecule has 1 amide bonds. The average molecular weight is 254 g/mol. The van der Waals surface area contributed by atoms with Gasteiger partial charge in [0.1, 0.15) is 0 Å². The number of hydrogen-bond acceptors (Lipinski definition) is 2. The topological polar surface area (TPSA) is 41.1 Å². The van der Waals surface area contributed by atoms with Crippen molar-refractivity contribution in [2.45, 2.75) is 53.5 Å². The van der Waals surface area contributed by atoms with E-state index in [0.717, 1.165) is 25.9 Å². The van der Waals surface area contributed by atoms with E-state index in [1.54, 1.807) is 0 Å². The van der Waals surface area contributed by atoms with Crippen molar-refractivity contribution >= 4 is 5.91 Å². The van der Waals surface area contributed by atoms with Gasteiger partial charge in [0.25, 0.3) is 0 Å². The lowest BCUT2D eigenvalue weighted by molar-refractivity contribution is -0.126. The highest BCUT2D eigenvalue weighted by Gasteiger charge is 2.26. The number of nitrogens with one attached hydrogen (secondary N) is 2. The molecule has 1 fully saturated rings. The van der Waals surface area contributed by atoms with Gasteiger partial charge < -0.3 is 10.6 Å². The van der Waals surface area contributed by atoms with Crippen LogP contribution in [0.1, 0.15) is 47.5 Å². The van der Waals surface area contributed by atoms with E-state index in [2.05, 4.69) is 45.3 Å². The second-order valence-electron chi connectivity index (χ2n) is 6.47. The van der Waals surface area contributed by atoms with Crippen LogP contribution >= 0.6 is 0 Å². The van der Waals surface area contributed by atoms with Crippen LogP contribution in [0, 0.1) is 23.7 Å². The maximum atomic E-state index is 12.2. The highest BCUT2D eigenvalue weighted by atomic mass is 16.1. The van der Waals surface area contributed by atoms with Gasteiger partial charge in [0.05, 0.1) is 0 Å². The standard InChI is InChI=1S/C15H30N2O/c1-10(2)14(11(3)4)9-17-15(18)13-6-7-16-12(5)8-13/h10-14,16H,6-9H2,1-5H3,(H,17,18). The molecule has 2 unspecified atom stereocenters. The molecule has 1 heterocycles. The minimum absolute atomic E-state index is 0.209. The molecule has 1 rings (SSSR count). The van der Waals surface area contributed by atoms with Gasteiger partial charge >= 0.3 is 0 Å². The molecule has 1 saturated heterocycles. The van der Waals surface area contributed by atoms with Gasteiger partial charge in [-0.05, 0) is 44.1 Å². The number of carbonyl (C=O) groups excluding carboxylic acids is 1. The molecule has 0 bridgehead atoms. The highest BCUT2D eigenvalue weighted by molar-refractivity contribution is 5.78. The SMILES string of the molecule is CC1CC(C(=O)NCC(C(C)C)C(C)C)CCN1. The first-order valence-corrected chi connectivity index (χ1v) is 7.42. The minimum atomic E-state index is 0.209. The maximum absolute atomic E-state index is 12.2. The van der Waals surface area contributed by atoms with Crippen molar-refractivity contribution in [1.82, 2.24) is 10.6 Å². The van der Waals surface area contributed by atoms with Crippen molar-refractivity contribution in [1.29, 1.82) is 0 Å². The minimum Gasteiger partial charge on any atom is -0.356 e. The molecule has 2 N–H and O–H groups in total. The van der Waals surface area contributed by atoms with E-state index >= 15 is 0 Å². The molecule has 0 aliphatic carbocycles. The summed E-state index contributed by atoms with van der Waals surface area (Å²) in [5, 5.41) is 6.56. The monoisotopic (exact) mass is 254 g/mol. The summed E-state index contributed by atoms with van der Waals surface area (Å²) in [5.74, 6) is 2.29. The second-order valence-corrected chi connectivity index (χ2v) is 6.47. The molecule has 3 heteroatoms. The fourth-order valence-corrected chi connectivity index (χ4v) is 2.97.